The van der Waals surface area contributed by atoms with Crippen LogP contribution in [0.15, 0.2) is 18.2 Å². The second-order valence-corrected chi connectivity index (χ2v) is 17.5. The van der Waals surface area contributed by atoms with E-state index in [9.17, 15) is 9.90 Å². The van der Waals surface area contributed by atoms with Gasteiger partial charge in [0.2, 0.25) is 0 Å². The van der Waals surface area contributed by atoms with E-state index in [1.165, 1.54) is 4.90 Å². The summed E-state index contributed by atoms with van der Waals surface area (Å²) in [6, 6.07) is 5.52. The summed E-state index contributed by atoms with van der Waals surface area (Å²) in [4.78, 5) is 13.5. The van der Waals surface area contributed by atoms with Crippen LogP contribution in [0.3, 0.4) is 0 Å². The summed E-state index contributed by atoms with van der Waals surface area (Å²) in [7, 11) is -1.81. The minimum atomic E-state index is -1.81. The lowest BCUT2D eigenvalue weighted by Crippen LogP contribution is -2.43. The van der Waals surface area contributed by atoms with E-state index in [0.717, 1.165) is 5.56 Å². The zero-order valence-corrected chi connectivity index (χ0v) is 24.4. The van der Waals surface area contributed by atoms with Gasteiger partial charge in [-0.3, -0.25) is 0 Å². The molecule has 1 amide bonds. The number of carboxylic acid groups (broad SMARTS) is 1. The number of hydrogen-bond acceptors (Lipinski definition) is 4. The standard InChI is InChI=1S/C25H42Cl2N2O4Si/c1-24(2,3)21-16-29(23(30)31)15-18(14-28-11-12-32-34(7,8)25(4,5)6)22(33-21)17-9-10-19(26)20(27)13-17/h9-10,13,18,21-22,28H,11-12,14-16H2,1-8H3,(H,30,31)/t18-,21?,22+/m1/s1. The molecule has 6 nitrogen and oxygen atoms in total. The molecule has 0 aliphatic carbocycles. The molecule has 194 valence electrons. The molecule has 2 N–H and O–H groups in total. The van der Waals surface area contributed by atoms with Crippen molar-refractivity contribution in [2.24, 2.45) is 11.3 Å². The molecule has 0 saturated carbocycles. The largest absolute Gasteiger partial charge is 0.465 e. The first kappa shape index (κ1) is 29.4. The third kappa shape index (κ3) is 7.84. The van der Waals surface area contributed by atoms with Crippen LogP contribution < -0.4 is 5.32 Å². The number of rotatable bonds is 7. The van der Waals surface area contributed by atoms with Crippen molar-refractivity contribution < 1.29 is 19.1 Å². The Kier molecular flexibility index (Phi) is 9.93. The van der Waals surface area contributed by atoms with Crippen LogP contribution in [0.1, 0.15) is 53.2 Å². The minimum absolute atomic E-state index is 0.103. The Balaban J connectivity index is 2.21. The SMILES string of the molecule is CC(C)(C)C1CN(C(=O)O)C[C@@H](CNCCO[Si](C)(C)C(C)(C)C)[C@H](c2ccc(Cl)c(Cl)c2)O1. The quantitative estimate of drug-likeness (QED) is 0.302. The fourth-order valence-electron chi connectivity index (χ4n) is 3.71. The van der Waals surface area contributed by atoms with Gasteiger partial charge in [0, 0.05) is 32.2 Å². The highest BCUT2D eigenvalue weighted by atomic mass is 35.5. The zero-order valence-electron chi connectivity index (χ0n) is 21.9. The molecule has 34 heavy (non-hydrogen) atoms. The molecule has 0 aromatic heterocycles. The summed E-state index contributed by atoms with van der Waals surface area (Å²) >= 11 is 12.5. The van der Waals surface area contributed by atoms with E-state index in [1.54, 1.807) is 6.07 Å². The molecule has 1 saturated heterocycles. The maximum atomic E-state index is 12.0. The fourth-order valence-corrected chi connectivity index (χ4v) is 5.06. The molecule has 2 rings (SSSR count). The molecule has 1 aliphatic rings. The Morgan fingerprint density at radius 1 is 1.18 bits per heavy atom. The topological polar surface area (TPSA) is 71.0 Å². The van der Waals surface area contributed by atoms with Gasteiger partial charge in [0.1, 0.15) is 0 Å². The molecule has 1 heterocycles. The average Bonchev–Trinajstić information content (AvgIpc) is 2.89. The van der Waals surface area contributed by atoms with Crippen molar-refractivity contribution in [3.05, 3.63) is 33.8 Å². The molecule has 1 fully saturated rings. The third-order valence-corrected chi connectivity index (χ3v) is 12.3. The highest BCUT2D eigenvalue weighted by Crippen LogP contribution is 2.39. The molecule has 0 bridgehead atoms. The number of benzene rings is 1. The summed E-state index contributed by atoms with van der Waals surface area (Å²) in [5.74, 6) is -0.103. The number of halogens is 2. The first-order valence-corrected chi connectivity index (χ1v) is 15.6. The summed E-state index contributed by atoms with van der Waals surface area (Å²) in [6.45, 7) is 19.9. The molecule has 0 radical (unpaired) electrons. The van der Waals surface area contributed by atoms with Crippen molar-refractivity contribution in [2.45, 2.75) is 71.9 Å². The fraction of sp³-hybridized carbons (Fsp3) is 0.720. The molecule has 1 aliphatic heterocycles. The summed E-state index contributed by atoms with van der Waals surface area (Å²) in [6.07, 6.45) is -1.52. The lowest BCUT2D eigenvalue weighted by molar-refractivity contribution is -0.0766. The molecular weight excluding hydrogens is 491 g/mol. The number of ether oxygens (including phenoxy) is 1. The van der Waals surface area contributed by atoms with Gasteiger partial charge >= 0.3 is 6.09 Å². The number of nitrogens with one attached hydrogen (secondary N) is 1. The van der Waals surface area contributed by atoms with Crippen molar-refractivity contribution in [1.82, 2.24) is 10.2 Å². The predicted octanol–water partition coefficient (Wildman–Crippen LogP) is 6.69. The zero-order chi connectivity index (χ0) is 25.9. The van der Waals surface area contributed by atoms with E-state index in [0.29, 0.717) is 42.8 Å². The van der Waals surface area contributed by atoms with E-state index in [4.69, 9.17) is 32.4 Å². The van der Waals surface area contributed by atoms with E-state index in [-0.39, 0.29) is 28.6 Å². The van der Waals surface area contributed by atoms with Gasteiger partial charge in [0.15, 0.2) is 8.32 Å². The number of nitrogens with zero attached hydrogens (tertiary/aromatic N) is 1. The molecule has 1 unspecified atom stereocenters. The van der Waals surface area contributed by atoms with E-state index in [2.05, 4.69) is 60.0 Å². The molecule has 1 aromatic carbocycles. The highest BCUT2D eigenvalue weighted by molar-refractivity contribution is 6.74. The molecule has 0 spiro atoms. The van der Waals surface area contributed by atoms with Crippen molar-refractivity contribution in [1.29, 1.82) is 0 Å². The van der Waals surface area contributed by atoms with Gasteiger partial charge in [-0.05, 0) is 41.2 Å². The Morgan fingerprint density at radius 3 is 2.35 bits per heavy atom. The second-order valence-electron chi connectivity index (χ2n) is 11.8. The Labute approximate surface area is 216 Å². The van der Waals surface area contributed by atoms with Gasteiger partial charge in [0.05, 0.1) is 28.8 Å². The minimum Gasteiger partial charge on any atom is -0.465 e. The first-order chi connectivity index (χ1) is 15.5. The molecule has 9 heteroatoms. The first-order valence-electron chi connectivity index (χ1n) is 12.0. The van der Waals surface area contributed by atoms with E-state index >= 15 is 0 Å². The van der Waals surface area contributed by atoms with E-state index < -0.39 is 14.4 Å². The van der Waals surface area contributed by atoms with Crippen molar-refractivity contribution in [3.8, 4) is 0 Å². The van der Waals surface area contributed by atoms with Crippen LogP contribution in [-0.2, 0) is 9.16 Å². The Bertz CT molecular complexity index is 839. The van der Waals surface area contributed by atoms with Crippen LogP contribution in [0, 0.1) is 11.3 Å². The number of carbonyl (C=O) groups is 1. The monoisotopic (exact) mass is 532 g/mol. The highest BCUT2D eigenvalue weighted by Gasteiger charge is 2.40. The normalized spacial score (nSPS) is 22.5. The lowest BCUT2D eigenvalue weighted by Gasteiger charge is -2.36. The predicted molar refractivity (Wildman–Crippen MR) is 143 cm³/mol. The summed E-state index contributed by atoms with van der Waals surface area (Å²) in [5, 5.41) is 14.5. The van der Waals surface area contributed by atoms with Crippen molar-refractivity contribution in [3.63, 3.8) is 0 Å². The van der Waals surface area contributed by atoms with Crippen molar-refractivity contribution in [2.75, 3.05) is 32.8 Å². The summed E-state index contributed by atoms with van der Waals surface area (Å²) < 4.78 is 12.9. The maximum Gasteiger partial charge on any atom is 0.407 e. The molecule has 3 atom stereocenters. The average molecular weight is 534 g/mol. The summed E-state index contributed by atoms with van der Waals surface area (Å²) in [5.41, 5.74) is 0.668. The van der Waals surface area contributed by atoms with Crippen LogP contribution in [0.4, 0.5) is 4.79 Å². The van der Waals surface area contributed by atoms with Crippen molar-refractivity contribution >= 4 is 37.6 Å². The lowest BCUT2D eigenvalue weighted by atomic mass is 9.88. The van der Waals surface area contributed by atoms with Gasteiger partial charge < -0.3 is 24.5 Å². The molecule has 1 aromatic rings. The Hall–Kier alpha value is -0.833. The number of amides is 1. The van der Waals surface area contributed by atoms with E-state index in [1.807, 2.05) is 12.1 Å². The van der Waals surface area contributed by atoms with Crippen LogP contribution >= 0.6 is 23.2 Å². The van der Waals surface area contributed by atoms with Crippen LogP contribution in [0.2, 0.25) is 28.2 Å². The van der Waals surface area contributed by atoms with Gasteiger partial charge in [-0.2, -0.15) is 0 Å². The maximum absolute atomic E-state index is 12.0. The van der Waals surface area contributed by atoms with Crippen LogP contribution in [0.25, 0.3) is 0 Å². The molecular formula is C25H42Cl2N2O4Si. The van der Waals surface area contributed by atoms with Gasteiger partial charge in [0.25, 0.3) is 0 Å². The van der Waals surface area contributed by atoms with Gasteiger partial charge in [-0.25, -0.2) is 4.79 Å². The Morgan fingerprint density at radius 2 is 1.82 bits per heavy atom. The van der Waals surface area contributed by atoms with Crippen LogP contribution in [-0.4, -0.2) is 63.3 Å². The number of hydrogen-bond donors (Lipinski definition) is 2. The van der Waals surface area contributed by atoms with Gasteiger partial charge in [-0.15, -0.1) is 0 Å². The smallest absolute Gasteiger partial charge is 0.407 e. The third-order valence-electron chi connectivity index (χ3n) is 7.04. The second kappa shape index (κ2) is 11.5. The van der Waals surface area contributed by atoms with Gasteiger partial charge in [-0.1, -0.05) is 70.8 Å². The van der Waals surface area contributed by atoms with Crippen LogP contribution in [0.5, 0.6) is 0 Å².